The van der Waals surface area contributed by atoms with Gasteiger partial charge >= 0.3 is 6.03 Å². The minimum Gasteiger partial charge on any atom is -0.455 e. The first-order chi connectivity index (χ1) is 13.1. The summed E-state index contributed by atoms with van der Waals surface area (Å²) < 4.78 is 5.97. The van der Waals surface area contributed by atoms with Gasteiger partial charge in [0, 0.05) is 17.4 Å². The molecule has 3 aromatic carbocycles. The van der Waals surface area contributed by atoms with E-state index in [0.29, 0.717) is 0 Å². The zero-order chi connectivity index (χ0) is 19.1. The number of ether oxygens (including phenoxy) is 1. The summed E-state index contributed by atoms with van der Waals surface area (Å²) in [7, 11) is 0. The molecule has 3 rings (SSSR count). The molecule has 5 nitrogen and oxygen atoms in total. The number of hydrogen-bond donors (Lipinski definition) is 3. The Hall–Kier alpha value is -3.47. The van der Waals surface area contributed by atoms with E-state index in [1.54, 1.807) is 0 Å². The standard InChI is InChI=1S/C22H23N3O2/c1-16(2)23-22(26)25-18-14-12-17(13-15-18)24-20-10-6-7-11-21(20)27-19-8-4-3-5-9-19/h3-16,24H,1-2H3,(H2,23,25,26). The Morgan fingerprint density at radius 3 is 2.15 bits per heavy atom. The molecule has 138 valence electrons. The van der Waals surface area contributed by atoms with E-state index in [4.69, 9.17) is 4.74 Å². The van der Waals surface area contributed by atoms with Crippen LogP contribution < -0.4 is 20.7 Å². The summed E-state index contributed by atoms with van der Waals surface area (Å²) in [6.07, 6.45) is 0. The van der Waals surface area contributed by atoms with Crippen LogP contribution >= 0.6 is 0 Å². The predicted molar refractivity (Wildman–Crippen MR) is 110 cm³/mol. The Morgan fingerprint density at radius 2 is 1.44 bits per heavy atom. The van der Waals surface area contributed by atoms with Crippen molar-refractivity contribution in [2.45, 2.75) is 19.9 Å². The van der Waals surface area contributed by atoms with Gasteiger partial charge in [-0.3, -0.25) is 0 Å². The normalized spacial score (nSPS) is 10.3. The van der Waals surface area contributed by atoms with E-state index >= 15 is 0 Å². The average molecular weight is 361 g/mol. The first kappa shape index (κ1) is 18.3. The molecule has 0 unspecified atom stereocenters. The summed E-state index contributed by atoms with van der Waals surface area (Å²) in [5.74, 6) is 1.52. The minimum atomic E-state index is -0.215. The molecule has 0 radical (unpaired) electrons. The third kappa shape index (κ3) is 5.51. The number of carbonyl (C=O) groups is 1. The fraction of sp³-hybridized carbons (Fsp3) is 0.136. The number of rotatable bonds is 6. The molecule has 27 heavy (non-hydrogen) atoms. The smallest absolute Gasteiger partial charge is 0.319 e. The quantitative estimate of drug-likeness (QED) is 0.524. The molecule has 0 aromatic heterocycles. The lowest BCUT2D eigenvalue weighted by Gasteiger charge is -2.14. The van der Waals surface area contributed by atoms with Gasteiger partial charge < -0.3 is 20.7 Å². The Labute approximate surface area is 159 Å². The van der Waals surface area contributed by atoms with Gasteiger partial charge in [0.25, 0.3) is 0 Å². The largest absolute Gasteiger partial charge is 0.455 e. The molecule has 3 aromatic rings. The van der Waals surface area contributed by atoms with E-state index in [-0.39, 0.29) is 12.1 Å². The summed E-state index contributed by atoms with van der Waals surface area (Å²) in [5, 5.41) is 8.95. The van der Waals surface area contributed by atoms with E-state index in [2.05, 4.69) is 16.0 Å². The van der Waals surface area contributed by atoms with Crippen molar-refractivity contribution in [3.05, 3.63) is 78.9 Å². The van der Waals surface area contributed by atoms with Crippen LogP contribution in [0.5, 0.6) is 11.5 Å². The van der Waals surface area contributed by atoms with Crippen molar-refractivity contribution in [1.82, 2.24) is 5.32 Å². The van der Waals surface area contributed by atoms with Crippen molar-refractivity contribution in [3.8, 4) is 11.5 Å². The second-order valence-corrected chi connectivity index (χ2v) is 6.37. The molecule has 0 atom stereocenters. The molecule has 5 heteroatoms. The maximum atomic E-state index is 11.8. The average Bonchev–Trinajstić information content (AvgIpc) is 2.65. The lowest BCUT2D eigenvalue weighted by molar-refractivity contribution is 0.250. The molecular formula is C22H23N3O2. The lowest BCUT2D eigenvalue weighted by Crippen LogP contribution is -2.34. The Kier molecular flexibility index (Phi) is 5.94. The SMILES string of the molecule is CC(C)NC(=O)Nc1ccc(Nc2ccccc2Oc2ccccc2)cc1. The summed E-state index contributed by atoms with van der Waals surface area (Å²) in [6, 6.07) is 24.8. The molecule has 2 amide bonds. The van der Waals surface area contributed by atoms with Crippen molar-refractivity contribution < 1.29 is 9.53 Å². The van der Waals surface area contributed by atoms with Crippen LogP contribution in [0.2, 0.25) is 0 Å². The molecule has 0 saturated carbocycles. The molecule has 0 aliphatic carbocycles. The number of amides is 2. The van der Waals surface area contributed by atoms with Crippen molar-refractivity contribution in [2.24, 2.45) is 0 Å². The minimum absolute atomic E-state index is 0.0899. The van der Waals surface area contributed by atoms with Crippen molar-refractivity contribution in [2.75, 3.05) is 10.6 Å². The second-order valence-electron chi connectivity index (χ2n) is 6.37. The van der Waals surface area contributed by atoms with Crippen LogP contribution in [0.1, 0.15) is 13.8 Å². The van der Waals surface area contributed by atoms with Gasteiger partial charge in [-0.05, 0) is 62.4 Å². The third-order valence-corrected chi connectivity index (χ3v) is 3.70. The Morgan fingerprint density at radius 1 is 0.815 bits per heavy atom. The maximum absolute atomic E-state index is 11.8. The summed E-state index contributed by atoms with van der Waals surface area (Å²) in [6.45, 7) is 3.84. The predicted octanol–water partition coefficient (Wildman–Crippen LogP) is 5.75. The lowest BCUT2D eigenvalue weighted by atomic mass is 10.2. The summed E-state index contributed by atoms with van der Waals surface area (Å²) in [5.41, 5.74) is 2.49. The monoisotopic (exact) mass is 361 g/mol. The van der Waals surface area contributed by atoms with E-state index in [0.717, 1.165) is 28.6 Å². The molecule has 0 fully saturated rings. The highest BCUT2D eigenvalue weighted by Crippen LogP contribution is 2.31. The van der Waals surface area contributed by atoms with Crippen molar-refractivity contribution in [1.29, 1.82) is 0 Å². The van der Waals surface area contributed by atoms with Gasteiger partial charge in [0.2, 0.25) is 0 Å². The first-order valence-electron chi connectivity index (χ1n) is 8.87. The number of urea groups is 1. The third-order valence-electron chi connectivity index (χ3n) is 3.70. The highest BCUT2D eigenvalue weighted by Gasteiger charge is 2.06. The van der Waals surface area contributed by atoms with Crippen LogP contribution in [-0.4, -0.2) is 12.1 Å². The Balaban J connectivity index is 1.68. The molecule has 0 aliphatic heterocycles. The van der Waals surface area contributed by atoms with Crippen LogP contribution in [-0.2, 0) is 0 Å². The molecule has 0 saturated heterocycles. The topological polar surface area (TPSA) is 62.4 Å². The van der Waals surface area contributed by atoms with Crippen LogP contribution in [0, 0.1) is 0 Å². The van der Waals surface area contributed by atoms with Crippen LogP contribution in [0.4, 0.5) is 21.9 Å². The number of hydrogen-bond acceptors (Lipinski definition) is 3. The molecular weight excluding hydrogens is 338 g/mol. The van der Waals surface area contributed by atoms with E-state index in [9.17, 15) is 4.79 Å². The number of para-hydroxylation sites is 3. The van der Waals surface area contributed by atoms with Gasteiger partial charge in [-0.15, -0.1) is 0 Å². The van der Waals surface area contributed by atoms with Crippen molar-refractivity contribution >= 4 is 23.1 Å². The zero-order valence-corrected chi connectivity index (χ0v) is 15.4. The maximum Gasteiger partial charge on any atom is 0.319 e. The number of benzene rings is 3. The van der Waals surface area contributed by atoms with E-state index in [1.807, 2.05) is 92.7 Å². The number of carbonyl (C=O) groups excluding carboxylic acids is 1. The van der Waals surface area contributed by atoms with Gasteiger partial charge in [-0.2, -0.15) is 0 Å². The Bertz CT molecular complexity index is 878. The molecule has 0 aliphatic rings. The zero-order valence-electron chi connectivity index (χ0n) is 15.4. The fourth-order valence-electron chi connectivity index (χ4n) is 2.50. The van der Waals surface area contributed by atoms with Crippen LogP contribution in [0.3, 0.4) is 0 Å². The second kappa shape index (κ2) is 8.76. The van der Waals surface area contributed by atoms with Gasteiger partial charge in [0.15, 0.2) is 5.75 Å². The van der Waals surface area contributed by atoms with Gasteiger partial charge in [-0.25, -0.2) is 4.79 Å². The van der Waals surface area contributed by atoms with Crippen LogP contribution in [0.15, 0.2) is 78.9 Å². The van der Waals surface area contributed by atoms with Gasteiger partial charge in [0.1, 0.15) is 5.75 Å². The van der Waals surface area contributed by atoms with Crippen molar-refractivity contribution in [3.63, 3.8) is 0 Å². The molecule has 0 bridgehead atoms. The molecule has 0 heterocycles. The van der Waals surface area contributed by atoms with E-state index in [1.165, 1.54) is 0 Å². The first-order valence-corrected chi connectivity index (χ1v) is 8.87. The van der Waals surface area contributed by atoms with E-state index < -0.39 is 0 Å². The summed E-state index contributed by atoms with van der Waals surface area (Å²) in [4.78, 5) is 11.8. The highest BCUT2D eigenvalue weighted by molar-refractivity contribution is 5.89. The van der Waals surface area contributed by atoms with Gasteiger partial charge in [-0.1, -0.05) is 30.3 Å². The van der Waals surface area contributed by atoms with Crippen LogP contribution in [0.25, 0.3) is 0 Å². The number of nitrogens with one attached hydrogen (secondary N) is 3. The number of anilines is 3. The fourth-order valence-corrected chi connectivity index (χ4v) is 2.50. The summed E-state index contributed by atoms with van der Waals surface area (Å²) >= 11 is 0. The van der Waals surface area contributed by atoms with Gasteiger partial charge in [0.05, 0.1) is 5.69 Å². The molecule has 3 N–H and O–H groups in total. The highest BCUT2D eigenvalue weighted by atomic mass is 16.5. The molecule has 0 spiro atoms.